The van der Waals surface area contributed by atoms with Gasteiger partial charge >= 0.3 is 26.2 Å². The predicted molar refractivity (Wildman–Crippen MR) is 153 cm³/mol. The first kappa shape index (κ1) is 49.4. The molecular formula is C32H60O8Zr. The fraction of sp³-hybridized carbons (Fsp3) is 0.875. The third-order valence-corrected chi connectivity index (χ3v) is 6.92. The zero-order chi connectivity index (χ0) is 31.9. The minimum atomic E-state index is -0.916. The molecule has 0 N–H and O–H groups in total. The first-order valence-corrected chi connectivity index (χ1v) is 15.6. The molecule has 0 aliphatic rings. The van der Waals surface area contributed by atoms with Crippen molar-refractivity contribution in [2.24, 2.45) is 23.7 Å². The smallest absolute Gasteiger partial charge is 0.550 e. The Bertz CT molecular complexity index is 509. The number of hydrogen-bond donors (Lipinski definition) is 0. The van der Waals surface area contributed by atoms with Crippen molar-refractivity contribution < 1.29 is 65.8 Å². The summed E-state index contributed by atoms with van der Waals surface area (Å²) in [5, 5.41) is 40.5. The van der Waals surface area contributed by atoms with E-state index in [2.05, 4.69) is 27.7 Å². The van der Waals surface area contributed by atoms with Gasteiger partial charge in [-0.3, -0.25) is 0 Å². The molecule has 0 saturated heterocycles. The average molecular weight is 664 g/mol. The molecule has 0 aromatic carbocycles. The van der Waals surface area contributed by atoms with E-state index in [4.69, 9.17) is 0 Å². The Morgan fingerprint density at radius 3 is 0.610 bits per heavy atom. The molecule has 0 bridgehead atoms. The number of carboxylic acid groups (broad SMARTS) is 4. The van der Waals surface area contributed by atoms with Crippen molar-refractivity contribution in [3.63, 3.8) is 0 Å². The quantitative estimate of drug-likeness (QED) is 0.190. The second kappa shape index (κ2) is 36.8. The summed E-state index contributed by atoms with van der Waals surface area (Å²) in [5.41, 5.74) is 0. The summed E-state index contributed by atoms with van der Waals surface area (Å²) >= 11 is 0. The molecule has 0 heterocycles. The van der Waals surface area contributed by atoms with Gasteiger partial charge in [-0.1, -0.05) is 132 Å². The summed E-state index contributed by atoms with van der Waals surface area (Å²) in [4.78, 5) is 40.5. The van der Waals surface area contributed by atoms with Crippen LogP contribution in [0.15, 0.2) is 0 Å². The molecule has 0 spiro atoms. The van der Waals surface area contributed by atoms with Gasteiger partial charge in [0.15, 0.2) is 0 Å². The van der Waals surface area contributed by atoms with Crippen LogP contribution < -0.4 is 20.4 Å². The molecule has 0 rings (SSSR count). The van der Waals surface area contributed by atoms with Gasteiger partial charge in [0.1, 0.15) is 0 Å². The molecule has 0 aliphatic heterocycles. The van der Waals surface area contributed by atoms with Crippen molar-refractivity contribution in [3.05, 3.63) is 0 Å². The van der Waals surface area contributed by atoms with E-state index in [1.54, 1.807) is 0 Å². The second-order valence-electron chi connectivity index (χ2n) is 10.6. The topological polar surface area (TPSA) is 161 Å². The predicted octanol–water partition coefficient (Wildman–Crippen LogP) is 3.81. The van der Waals surface area contributed by atoms with Gasteiger partial charge in [0, 0.05) is 23.9 Å². The first-order valence-electron chi connectivity index (χ1n) is 15.6. The van der Waals surface area contributed by atoms with E-state index in [-0.39, 0.29) is 51.9 Å². The Kier molecular flexibility index (Phi) is 44.4. The summed E-state index contributed by atoms with van der Waals surface area (Å²) < 4.78 is 0. The van der Waals surface area contributed by atoms with Crippen LogP contribution in [0.4, 0.5) is 0 Å². The van der Waals surface area contributed by atoms with Crippen molar-refractivity contribution in [1.82, 2.24) is 0 Å². The fourth-order valence-electron chi connectivity index (χ4n) is 4.38. The molecule has 0 fully saturated rings. The Hall–Kier alpha value is -1.24. The Morgan fingerprint density at radius 2 is 0.537 bits per heavy atom. The summed E-state index contributed by atoms with van der Waals surface area (Å²) in [6, 6.07) is 0. The molecule has 41 heavy (non-hydrogen) atoms. The van der Waals surface area contributed by atoms with E-state index >= 15 is 0 Å². The molecule has 0 radical (unpaired) electrons. The minimum Gasteiger partial charge on any atom is -0.550 e. The minimum absolute atomic E-state index is 0. The van der Waals surface area contributed by atoms with Gasteiger partial charge in [-0.05, 0) is 49.4 Å². The summed E-state index contributed by atoms with van der Waals surface area (Å²) in [6.45, 7) is 16.3. The van der Waals surface area contributed by atoms with Crippen molar-refractivity contribution in [2.75, 3.05) is 0 Å². The fourth-order valence-corrected chi connectivity index (χ4v) is 4.38. The Morgan fingerprint density at radius 1 is 0.390 bits per heavy atom. The Labute approximate surface area is 270 Å². The van der Waals surface area contributed by atoms with Crippen molar-refractivity contribution in [1.29, 1.82) is 0 Å². The molecule has 0 aromatic rings. The van der Waals surface area contributed by atoms with Crippen LogP contribution in [0.2, 0.25) is 0 Å². The van der Waals surface area contributed by atoms with Gasteiger partial charge in [-0.25, -0.2) is 0 Å². The standard InChI is InChI=1S/4C8H16O2.Zr/c4*1-3-5-7(4-2)6-8(9)10;/h4*7H,3-6H2,1-2H3,(H,9,10);/q;;;;+4/p-4. The third kappa shape index (κ3) is 43.4. The number of carbonyl (C=O) groups excluding carboxylic acids is 4. The molecule has 8 nitrogen and oxygen atoms in total. The largest absolute Gasteiger partial charge is 4.00 e. The summed E-state index contributed by atoms with van der Waals surface area (Å²) in [7, 11) is 0. The third-order valence-electron chi connectivity index (χ3n) is 6.92. The number of aliphatic carboxylic acids is 4. The van der Waals surface area contributed by atoms with E-state index in [1.165, 1.54) is 0 Å². The van der Waals surface area contributed by atoms with Gasteiger partial charge in [0.25, 0.3) is 0 Å². The van der Waals surface area contributed by atoms with E-state index in [0.29, 0.717) is 23.7 Å². The normalized spacial score (nSPS) is 12.7. The van der Waals surface area contributed by atoms with Crippen LogP contribution in [0.25, 0.3) is 0 Å². The first-order chi connectivity index (χ1) is 18.8. The number of carbonyl (C=O) groups is 4. The second-order valence-corrected chi connectivity index (χ2v) is 10.6. The maximum atomic E-state index is 10.1. The van der Waals surface area contributed by atoms with Crippen molar-refractivity contribution >= 4 is 23.9 Å². The van der Waals surface area contributed by atoms with Crippen LogP contribution in [0.3, 0.4) is 0 Å². The molecule has 9 heteroatoms. The van der Waals surface area contributed by atoms with Crippen LogP contribution in [-0.2, 0) is 45.4 Å². The number of carboxylic acids is 4. The van der Waals surface area contributed by atoms with E-state index in [1.807, 2.05) is 27.7 Å². The maximum Gasteiger partial charge on any atom is 4.00 e. The van der Waals surface area contributed by atoms with Crippen molar-refractivity contribution in [3.8, 4) is 0 Å². The average Bonchev–Trinajstić information content (AvgIpc) is 2.87. The zero-order valence-corrected chi connectivity index (χ0v) is 29.8. The van der Waals surface area contributed by atoms with E-state index in [9.17, 15) is 39.6 Å². The SMILES string of the molecule is CCCC(CC)CC(=O)[O-].CCCC(CC)CC(=O)[O-].CCCC(CC)CC(=O)[O-].CCCC(CC)CC(=O)[O-].[Zr+4]. The van der Waals surface area contributed by atoms with Crippen molar-refractivity contribution in [2.45, 2.75) is 158 Å². The molecule has 0 saturated carbocycles. The summed E-state index contributed by atoms with van der Waals surface area (Å²) in [5.74, 6) is -2.35. The van der Waals surface area contributed by atoms with Gasteiger partial charge < -0.3 is 39.6 Å². The van der Waals surface area contributed by atoms with Crippen LogP contribution in [0.5, 0.6) is 0 Å². The molecule has 0 aromatic heterocycles. The van der Waals surface area contributed by atoms with Gasteiger partial charge in [0.2, 0.25) is 0 Å². The maximum absolute atomic E-state index is 10.1. The summed E-state index contributed by atoms with van der Waals surface area (Å²) in [6.07, 6.45) is 13.0. The monoisotopic (exact) mass is 662 g/mol. The molecule has 240 valence electrons. The number of rotatable bonds is 20. The van der Waals surface area contributed by atoms with Crippen LogP contribution >= 0.6 is 0 Å². The van der Waals surface area contributed by atoms with Gasteiger partial charge in [-0.2, -0.15) is 0 Å². The van der Waals surface area contributed by atoms with Gasteiger partial charge in [-0.15, -0.1) is 0 Å². The molecule has 4 atom stereocenters. The Balaban J connectivity index is -0.000000139. The number of hydrogen-bond acceptors (Lipinski definition) is 8. The van der Waals surface area contributed by atoms with E-state index in [0.717, 1.165) is 77.0 Å². The molecular weight excluding hydrogens is 604 g/mol. The van der Waals surface area contributed by atoms with E-state index < -0.39 is 23.9 Å². The van der Waals surface area contributed by atoms with Crippen LogP contribution in [-0.4, -0.2) is 23.9 Å². The van der Waals surface area contributed by atoms with Crippen LogP contribution in [0.1, 0.15) is 158 Å². The zero-order valence-electron chi connectivity index (χ0n) is 27.4. The molecule has 0 aliphatic carbocycles. The molecule has 0 amide bonds. The molecule has 4 unspecified atom stereocenters. The van der Waals surface area contributed by atoms with Gasteiger partial charge in [0.05, 0.1) is 0 Å². The van der Waals surface area contributed by atoms with Crippen LogP contribution in [0, 0.1) is 23.7 Å².